The molecule has 5 nitrogen and oxygen atoms in total. The number of aromatic nitrogens is 2. The van der Waals surface area contributed by atoms with Gasteiger partial charge in [-0.15, -0.1) is 0 Å². The number of para-hydroxylation sites is 1. The number of hydrogen-bond donors (Lipinski definition) is 0. The molecule has 0 saturated heterocycles. The first-order valence-corrected chi connectivity index (χ1v) is 8.69. The van der Waals surface area contributed by atoms with Crippen molar-refractivity contribution in [3.8, 4) is 0 Å². The lowest BCUT2D eigenvalue weighted by molar-refractivity contribution is 0.0779. The molecule has 1 aliphatic heterocycles. The van der Waals surface area contributed by atoms with Crippen molar-refractivity contribution in [3.63, 3.8) is 0 Å². The number of amides is 1. The highest BCUT2D eigenvalue weighted by molar-refractivity contribution is 5.92. The van der Waals surface area contributed by atoms with E-state index in [4.69, 9.17) is 0 Å². The molecule has 5 heteroatoms. The molecule has 0 unspecified atom stereocenters. The standard InChI is InChI=1S/C21H20N4O/c1-24(15-16-7-3-2-4-8-16)21(26)18-13-23-20(14-22-18)25-12-11-17-9-5-6-10-19(17)25/h2-10,13-14H,11-12,15H2,1H3. The first-order valence-electron chi connectivity index (χ1n) is 8.69. The zero-order chi connectivity index (χ0) is 17.9. The first kappa shape index (κ1) is 16.3. The quantitative estimate of drug-likeness (QED) is 0.727. The normalized spacial score (nSPS) is 12.7. The molecule has 0 radical (unpaired) electrons. The maximum absolute atomic E-state index is 12.6. The molecular weight excluding hydrogens is 324 g/mol. The largest absolute Gasteiger partial charge is 0.336 e. The lowest BCUT2D eigenvalue weighted by atomic mass is 10.2. The van der Waals surface area contributed by atoms with Crippen LogP contribution in [0.2, 0.25) is 0 Å². The second-order valence-corrected chi connectivity index (χ2v) is 6.44. The second-order valence-electron chi connectivity index (χ2n) is 6.44. The summed E-state index contributed by atoms with van der Waals surface area (Å²) in [6, 6.07) is 18.2. The van der Waals surface area contributed by atoms with Crippen LogP contribution in [0.3, 0.4) is 0 Å². The van der Waals surface area contributed by atoms with Crippen molar-refractivity contribution in [2.24, 2.45) is 0 Å². The van der Waals surface area contributed by atoms with E-state index < -0.39 is 0 Å². The molecular formula is C21H20N4O. The maximum atomic E-state index is 12.6. The lowest BCUT2D eigenvalue weighted by Crippen LogP contribution is -2.27. The van der Waals surface area contributed by atoms with Gasteiger partial charge in [-0.1, -0.05) is 48.5 Å². The molecule has 0 fully saturated rings. The maximum Gasteiger partial charge on any atom is 0.274 e. The van der Waals surface area contributed by atoms with Crippen LogP contribution in [-0.2, 0) is 13.0 Å². The molecule has 0 aliphatic carbocycles. The predicted octanol–water partition coefficient (Wildman–Crippen LogP) is 3.44. The fraction of sp³-hybridized carbons (Fsp3) is 0.190. The van der Waals surface area contributed by atoms with Gasteiger partial charge >= 0.3 is 0 Å². The van der Waals surface area contributed by atoms with E-state index in [1.54, 1.807) is 24.3 Å². The van der Waals surface area contributed by atoms with Crippen molar-refractivity contribution in [2.75, 3.05) is 18.5 Å². The molecule has 2 heterocycles. The van der Waals surface area contributed by atoms with Gasteiger partial charge in [-0.3, -0.25) is 4.79 Å². The van der Waals surface area contributed by atoms with Crippen LogP contribution in [0.1, 0.15) is 21.6 Å². The van der Waals surface area contributed by atoms with Crippen molar-refractivity contribution in [1.29, 1.82) is 0 Å². The molecule has 3 aromatic rings. The molecule has 1 aliphatic rings. The Bertz CT molecular complexity index is 909. The SMILES string of the molecule is CN(Cc1ccccc1)C(=O)c1cnc(N2CCc3ccccc32)cn1. The van der Waals surface area contributed by atoms with Crippen LogP contribution in [0.5, 0.6) is 0 Å². The van der Waals surface area contributed by atoms with Crippen LogP contribution in [0.4, 0.5) is 11.5 Å². The van der Waals surface area contributed by atoms with Gasteiger partial charge in [0, 0.05) is 25.8 Å². The van der Waals surface area contributed by atoms with E-state index in [-0.39, 0.29) is 5.91 Å². The molecule has 2 aromatic carbocycles. The number of rotatable bonds is 4. The van der Waals surface area contributed by atoms with Crippen molar-refractivity contribution < 1.29 is 4.79 Å². The van der Waals surface area contributed by atoms with Crippen LogP contribution in [0.15, 0.2) is 67.0 Å². The van der Waals surface area contributed by atoms with Gasteiger partial charge in [0.05, 0.1) is 12.4 Å². The summed E-state index contributed by atoms with van der Waals surface area (Å²) in [4.78, 5) is 25.2. The van der Waals surface area contributed by atoms with Gasteiger partial charge in [0.1, 0.15) is 5.69 Å². The van der Waals surface area contributed by atoms with Crippen molar-refractivity contribution in [3.05, 3.63) is 83.8 Å². The Morgan fingerprint density at radius 1 is 1.04 bits per heavy atom. The zero-order valence-corrected chi connectivity index (χ0v) is 14.7. The highest BCUT2D eigenvalue weighted by Gasteiger charge is 2.22. The van der Waals surface area contributed by atoms with Crippen molar-refractivity contribution >= 4 is 17.4 Å². The molecule has 0 atom stereocenters. The number of carbonyl (C=O) groups is 1. The summed E-state index contributed by atoms with van der Waals surface area (Å²) in [5, 5.41) is 0. The molecule has 0 bridgehead atoms. The molecule has 130 valence electrons. The molecule has 0 spiro atoms. The van der Waals surface area contributed by atoms with Gasteiger partial charge in [-0.2, -0.15) is 0 Å². The summed E-state index contributed by atoms with van der Waals surface area (Å²) >= 11 is 0. The Balaban J connectivity index is 1.48. The number of benzene rings is 2. The summed E-state index contributed by atoms with van der Waals surface area (Å²) < 4.78 is 0. The van der Waals surface area contributed by atoms with Crippen LogP contribution in [-0.4, -0.2) is 34.4 Å². The average molecular weight is 344 g/mol. The Morgan fingerprint density at radius 3 is 2.58 bits per heavy atom. The minimum Gasteiger partial charge on any atom is -0.336 e. The Morgan fingerprint density at radius 2 is 1.81 bits per heavy atom. The van der Waals surface area contributed by atoms with Crippen LogP contribution in [0.25, 0.3) is 0 Å². The fourth-order valence-electron chi connectivity index (χ4n) is 3.27. The molecule has 26 heavy (non-hydrogen) atoms. The minimum absolute atomic E-state index is 0.130. The second kappa shape index (κ2) is 6.96. The average Bonchev–Trinajstić information content (AvgIpc) is 3.12. The van der Waals surface area contributed by atoms with Gasteiger partial charge in [0.2, 0.25) is 0 Å². The number of anilines is 2. The summed E-state index contributed by atoms with van der Waals surface area (Å²) in [5.41, 5.74) is 3.93. The van der Waals surface area contributed by atoms with E-state index in [9.17, 15) is 4.79 Å². The van der Waals surface area contributed by atoms with Gasteiger partial charge < -0.3 is 9.80 Å². The number of nitrogens with zero attached hydrogens (tertiary/aromatic N) is 4. The Hall–Kier alpha value is -3.21. The first-order chi connectivity index (χ1) is 12.7. The van der Waals surface area contributed by atoms with E-state index in [1.165, 1.54) is 11.3 Å². The van der Waals surface area contributed by atoms with E-state index in [0.29, 0.717) is 12.2 Å². The molecule has 0 N–H and O–H groups in total. The Labute approximate surface area is 152 Å². The van der Waals surface area contributed by atoms with Crippen molar-refractivity contribution in [1.82, 2.24) is 14.9 Å². The van der Waals surface area contributed by atoms with Crippen LogP contribution >= 0.6 is 0 Å². The number of hydrogen-bond acceptors (Lipinski definition) is 4. The third-order valence-corrected chi connectivity index (χ3v) is 4.63. The van der Waals surface area contributed by atoms with Gasteiger partial charge in [-0.05, 0) is 23.6 Å². The van der Waals surface area contributed by atoms with Crippen LogP contribution in [0, 0.1) is 0 Å². The van der Waals surface area contributed by atoms with E-state index in [1.807, 2.05) is 36.4 Å². The summed E-state index contributed by atoms with van der Waals surface area (Å²) in [6.45, 7) is 1.43. The lowest BCUT2D eigenvalue weighted by Gasteiger charge is -2.19. The highest BCUT2D eigenvalue weighted by Crippen LogP contribution is 2.32. The minimum atomic E-state index is -0.130. The third-order valence-electron chi connectivity index (χ3n) is 4.63. The molecule has 4 rings (SSSR count). The number of fused-ring (bicyclic) bond motifs is 1. The topological polar surface area (TPSA) is 49.3 Å². The smallest absolute Gasteiger partial charge is 0.274 e. The highest BCUT2D eigenvalue weighted by atomic mass is 16.2. The van der Waals surface area contributed by atoms with E-state index in [0.717, 1.165) is 24.3 Å². The molecule has 1 amide bonds. The van der Waals surface area contributed by atoms with Crippen LogP contribution < -0.4 is 4.90 Å². The van der Waals surface area contributed by atoms with Gasteiger partial charge in [-0.25, -0.2) is 9.97 Å². The van der Waals surface area contributed by atoms with Gasteiger partial charge in [0.25, 0.3) is 5.91 Å². The predicted molar refractivity (Wildman–Crippen MR) is 101 cm³/mol. The van der Waals surface area contributed by atoms with E-state index >= 15 is 0 Å². The van der Waals surface area contributed by atoms with E-state index in [2.05, 4.69) is 33.1 Å². The third kappa shape index (κ3) is 3.16. The molecule has 0 saturated carbocycles. The number of carbonyl (C=O) groups excluding carboxylic acids is 1. The van der Waals surface area contributed by atoms with Gasteiger partial charge in [0.15, 0.2) is 5.82 Å². The summed E-state index contributed by atoms with van der Waals surface area (Å²) in [5.74, 6) is 0.645. The van der Waals surface area contributed by atoms with Crippen molar-refractivity contribution in [2.45, 2.75) is 13.0 Å². The summed E-state index contributed by atoms with van der Waals surface area (Å²) in [6.07, 6.45) is 4.25. The monoisotopic (exact) mass is 344 g/mol. The Kier molecular flexibility index (Phi) is 4.35. The summed E-state index contributed by atoms with van der Waals surface area (Å²) in [7, 11) is 1.78. The zero-order valence-electron chi connectivity index (χ0n) is 14.7. The molecule has 1 aromatic heterocycles. The fourth-order valence-corrected chi connectivity index (χ4v) is 3.27.